The van der Waals surface area contributed by atoms with Gasteiger partial charge in [0, 0.05) is 37.5 Å². The van der Waals surface area contributed by atoms with Crippen LogP contribution in [0.15, 0.2) is 20.9 Å². The van der Waals surface area contributed by atoms with Crippen molar-refractivity contribution in [3.63, 3.8) is 0 Å². The van der Waals surface area contributed by atoms with Crippen LogP contribution in [-0.2, 0) is 0 Å². The predicted octanol–water partition coefficient (Wildman–Crippen LogP) is 3.60. The lowest BCUT2D eigenvalue weighted by Gasteiger charge is -2.11. The molecule has 7 heteroatoms. The van der Waals surface area contributed by atoms with Crippen molar-refractivity contribution in [2.24, 2.45) is 4.99 Å². The summed E-state index contributed by atoms with van der Waals surface area (Å²) in [6.45, 7) is 4.17. The first-order chi connectivity index (χ1) is 9.36. The van der Waals surface area contributed by atoms with Gasteiger partial charge in [0.05, 0.1) is 0 Å². The fourth-order valence-corrected chi connectivity index (χ4v) is 3.17. The summed E-state index contributed by atoms with van der Waals surface area (Å²) in [5.41, 5.74) is 0. The zero-order valence-electron chi connectivity index (χ0n) is 12.2. The highest BCUT2D eigenvalue weighted by molar-refractivity contribution is 14.0. The highest BCUT2D eigenvalue weighted by atomic mass is 127. The molecule has 0 radical (unpaired) electrons. The van der Waals surface area contributed by atoms with Crippen LogP contribution >= 0.6 is 47.1 Å². The monoisotopic (exact) mass is 428 g/mol. The second-order valence-electron chi connectivity index (χ2n) is 4.13. The molecule has 0 fully saturated rings. The first-order valence-electron chi connectivity index (χ1n) is 6.83. The number of rotatable bonds is 9. The van der Waals surface area contributed by atoms with E-state index in [4.69, 9.17) is 0 Å². The van der Waals surface area contributed by atoms with E-state index in [9.17, 15) is 0 Å². The van der Waals surface area contributed by atoms with Gasteiger partial charge < -0.3 is 10.6 Å². The van der Waals surface area contributed by atoms with Crippen LogP contribution < -0.4 is 10.6 Å². The van der Waals surface area contributed by atoms with Crippen molar-refractivity contribution in [3.05, 3.63) is 11.6 Å². The molecule has 116 valence electrons. The lowest BCUT2D eigenvalue weighted by atomic mass is 10.2. The maximum absolute atomic E-state index is 4.25. The molecular formula is C13H25IN4S2. The van der Waals surface area contributed by atoms with E-state index in [1.54, 1.807) is 11.3 Å². The van der Waals surface area contributed by atoms with Crippen LogP contribution in [0.2, 0.25) is 0 Å². The standard InChI is InChI=1S/C13H24N4S2.HI/c1-3-4-5-7-15-12(14-2)16-8-6-10-18-13-17-9-11-19-13;/h9,11H,3-8,10H2,1-2H3,(H2,14,15,16);1H. The molecule has 2 N–H and O–H groups in total. The quantitative estimate of drug-likeness (QED) is 0.208. The molecule has 20 heavy (non-hydrogen) atoms. The molecule has 0 aromatic carbocycles. The fourth-order valence-electron chi connectivity index (χ4n) is 1.52. The second kappa shape index (κ2) is 13.9. The summed E-state index contributed by atoms with van der Waals surface area (Å²) in [7, 11) is 1.82. The van der Waals surface area contributed by atoms with Crippen molar-refractivity contribution in [2.75, 3.05) is 25.9 Å². The molecule has 1 aromatic heterocycles. The molecule has 0 aliphatic heterocycles. The minimum absolute atomic E-state index is 0. The van der Waals surface area contributed by atoms with Gasteiger partial charge >= 0.3 is 0 Å². The van der Waals surface area contributed by atoms with Crippen molar-refractivity contribution in [1.29, 1.82) is 0 Å². The average molecular weight is 428 g/mol. The van der Waals surface area contributed by atoms with Gasteiger partial charge in [0.15, 0.2) is 5.96 Å². The summed E-state index contributed by atoms with van der Waals surface area (Å²) in [6, 6.07) is 0. The van der Waals surface area contributed by atoms with Crippen molar-refractivity contribution in [3.8, 4) is 0 Å². The highest BCUT2D eigenvalue weighted by Crippen LogP contribution is 2.20. The molecule has 0 spiro atoms. The molecular weight excluding hydrogens is 403 g/mol. The first kappa shape index (κ1) is 20.0. The molecule has 4 nitrogen and oxygen atoms in total. The van der Waals surface area contributed by atoms with Crippen LogP contribution in [0.25, 0.3) is 0 Å². The van der Waals surface area contributed by atoms with Crippen LogP contribution in [0.1, 0.15) is 32.6 Å². The second-order valence-corrected chi connectivity index (χ2v) is 6.37. The Bertz CT molecular complexity index is 344. The molecule has 0 saturated carbocycles. The van der Waals surface area contributed by atoms with E-state index < -0.39 is 0 Å². The van der Waals surface area contributed by atoms with E-state index in [-0.39, 0.29) is 24.0 Å². The van der Waals surface area contributed by atoms with Crippen molar-refractivity contribution in [2.45, 2.75) is 36.9 Å². The van der Waals surface area contributed by atoms with E-state index in [2.05, 4.69) is 27.5 Å². The molecule has 0 saturated heterocycles. The molecule has 0 aliphatic rings. The normalized spacial score (nSPS) is 11.0. The van der Waals surface area contributed by atoms with Crippen LogP contribution in [0.3, 0.4) is 0 Å². The van der Waals surface area contributed by atoms with Gasteiger partial charge in [0.2, 0.25) is 0 Å². The third-order valence-corrected chi connectivity index (χ3v) is 4.60. The van der Waals surface area contributed by atoms with Gasteiger partial charge in [-0.3, -0.25) is 4.99 Å². The topological polar surface area (TPSA) is 49.3 Å². The maximum Gasteiger partial charge on any atom is 0.190 e. The Labute approximate surface area is 147 Å². The Morgan fingerprint density at radius 3 is 2.65 bits per heavy atom. The SMILES string of the molecule is CCCCCNC(=NC)NCCCSc1nccs1.I. The number of unbranched alkanes of at least 4 members (excludes halogenated alkanes) is 2. The zero-order chi connectivity index (χ0) is 13.8. The van der Waals surface area contributed by atoms with E-state index in [0.717, 1.165) is 35.6 Å². The fraction of sp³-hybridized carbons (Fsp3) is 0.692. The van der Waals surface area contributed by atoms with Gasteiger partial charge in [-0.25, -0.2) is 4.98 Å². The first-order valence-corrected chi connectivity index (χ1v) is 8.70. The van der Waals surface area contributed by atoms with Gasteiger partial charge in [-0.1, -0.05) is 31.5 Å². The highest BCUT2D eigenvalue weighted by Gasteiger charge is 1.98. The molecule has 0 bridgehead atoms. The van der Waals surface area contributed by atoms with Crippen LogP contribution in [-0.4, -0.2) is 36.8 Å². The Kier molecular flexibility index (Phi) is 13.9. The van der Waals surface area contributed by atoms with Crippen molar-refractivity contribution in [1.82, 2.24) is 15.6 Å². The Morgan fingerprint density at radius 2 is 2.05 bits per heavy atom. The predicted molar refractivity (Wildman–Crippen MR) is 102 cm³/mol. The number of hydrogen-bond acceptors (Lipinski definition) is 4. The molecule has 0 amide bonds. The third kappa shape index (κ3) is 9.82. The molecule has 1 aromatic rings. The minimum Gasteiger partial charge on any atom is -0.356 e. The number of nitrogens with one attached hydrogen (secondary N) is 2. The number of nitrogens with zero attached hydrogens (tertiary/aromatic N) is 2. The zero-order valence-corrected chi connectivity index (χ0v) is 16.2. The van der Waals surface area contributed by atoms with Gasteiger partial charge in [-0.05, 0) is 12.8 Å². The molecule has 0 aliphatic carbocycles. The van der Waals surface area contributed by atoms with E-state index >= 15 is 0 Å². The minimum atomic E-state index is 0. The summed E-state index contributed by atoms with van der Waals surface area (Å²) in [4.78, 5) is 8.46. The number of guanidine groups is 1. The van der Waals surface area contributed by atoms with Crippen LogP contribution in [0, 0.1) is 0 Å². The summed E-state index contributed by atoms with van der Waals surface area (Å²) >= 11 is 3.52. The van der Waals surface area contributed by atoms with Crippen LogP contribution in [0.4, 0.5) is 0 Å². The Balaban J connectivity index is 0.00000361. The number of thiazole rings is 1. The lowest BCUT2D eigenvalue weighted by Crippen LogP contribution is -2.38. The number of aromatic nitrogens is 1. The summed E-state index contributed by atoms with van der Waals surface area (Å²) in [6.07, 6.45) is 6.69. The van der Waals surface area contributed by atoms with E-state index in [1.807, 2.05) is 30.4 Å². The number of halogens is 1. The number of thioether (sulfide) groups is 1. The Morgan fingerprint density at radius 1 is 1.30 bits per heavy atom. The third-order valence-electron chi connectivity index (χ3n) is 2.55. The van der Waals surface area contributed by atoms with Gasteiger partial charge in [-0.15, -0.1) is 35.3 Å². The molecule has 1 heterocycles. The summed E-state index contributed by atoms with van der Waals surface area (Å²) in [5, 5.41) is 8.68. The molecule has 0 unspecified atom stereocenters. The van der Waals surface area contributed by atoms with Crippen molar-refractivity contribution >= 4 is 53.0 Å². The average Bonchev–Trinajstić information content (AvgIpc) is 2.94. The van der Waals surface area contributed by atoms with Crippen LogP contribution in [0.5, 0.6) is 0 Å². The van der Waals surface area contributed by atoms with Gasteiger partial charge in [0.1, 0.15) is 4.34 Å². The molecule has 1 rings (SSSR count). The Hall–Kier alpha value is -0.0200. The molecule has 0 atom stereocenters. The van der Waals surface area contributed by atoms with Gasteiger partial charge in [0.25, 0.3) is 0 Å². The van der Waals surface area contributed by atoms with E-state index in [0.29, 0.717) is 0 Å². The van der Waals surface area contributed by atoms with E-state index in [1.165, 1.54) is 19.3 Å². The summed E-state index contributed by atoms with van der Waals surface area (Å²) < 4.78 is 1.15. The largest absolute Gasteiger partial charge is 0.356 e. The maximum atomic E-state index is 4.25. The smallest absolute Gasteiger partial charge is 0.190 e. The summed E-state index contributed by atoms with van der Waals surface area (Å²) in [5.74, 6) is 2.00. The van der Waals surface area contributed by atoms with Crippen molar-refractivity contribution < 1.29 is 0 Å². The number of aliphatic imine (C=N–C) groups is 1. The lowest BCUT2D eigenvalue weighted by molar-refractivity contribution is 0.681. The van der Waals surface area contributed by atoms with Gasteiger partial charge in [-0.2, -0.15) is 0 Å². The number of hydrogen-bond donors (Lipinski definition) is 2.